The summed E-state index contributed by atoms with van der Waals surface area (Å²) in [6.07, 6.45) is 9.17. The lowest BCUT2D eigenvalue weighted by Gasteiger charge is -2.36. The number of nitrogens with one attached hydrogen (secondary N) is 1. The Morgan fingerprint density at radius 2 is 2.12 bits per heavy atom. The van der Waals surface area contributed by atoms with Crippen molar-refractivity contribution in [3.63, 3.8) is 0 Å². The van der Waals surface area contributed by atoms with E-state index in [1.807, 2.05) is 0 Å². The van der Waals surface area contributed by atoms with Crippen LogP contribution in [0.5, 0.6) is 0 Å². The van der Waals surface area contributed by atoms with Gasteiger partial charge in [-0.25, -0.2) is 0 Å². The first-order valence-corrected chi connectivity index (χ1v) is 11.1. The van der Waals surface area contributed by atoms with Crippen molar-refractivity contribution >= 4 is 22.2 Å². The molecule has 4 heteroatoms. The molecule has 3 aliphatic rings. The molecule has 1 heterocycles. The zero-order valence-electron chi connectivity index (χ0n) is 16.2. The molecular formula is C22H30N2OS. The van der Waals surface area contributed by atoms with Gasteiger partial charge in [0, 0.05) is 10.8 Å². The van der Waals surface area contributed by atoms with E-state index in [1.165, 1.54) is 36.1 Å². The monoisotopic (exact) mass is 370 g/mol. The Morgan fingerprint density at radius 1 is 1.31 bits per heavy atom. The fraction of sp³-hybridized carbons (Fsp3) is 0.727. The molecule has 140 valence electrons. The van der Waals surface area contributed by atoms with Gasteiger partial charge in [0.25, 0.3) is 0 Å². The van der Waals surface area contributed by atoms with Gasteiger partial charge in [-0.2, -0.15) is 5.26 Å². The normalized spacial score (nSPS) is 30.1. The minimum atomic E-state index is 0.165. The van der Waals surface area contributed by atoms with Crippen LogP contribution in [0.1, 0.15) is 75.3 Å². The molecule has 3 aliphatic carbocycles. The highest BCUT2D eigenvalue weighted by molar-refractivity contribution is 7.16. The topological polar surface area (TPSA) is 52.9 Å². The maximum absolute atomic E-state index is 12.8. The van der Waals surface area contributed by atoms with Crippen LogP contribution >= 0.6 is 11.3 Å². The van der Waals surface area contributed by atoms with E-state index in [0.29, 0.717) is 17.3 Å². The fourth-order valence-electron chi connectivity index (χ4n) is 5.52. The van der Waals surface area contributed by atoms with E-state index in [9.17, 15) is 10.1 Å². The van der Waals surface area contributed by atoms with E-state index in [-0.39, 0.29) is 11.8 Å². The third kappa shape index (κ3) is 2.99. The van der Waals surface area contributed by atoms with Gasteiger partial charge in [0.2, 0.25) is 5.91 Å². The van der Waals surface area contributed by atoms with Crippen LogP contribution in [0, 0.1) is 40.4 Å². The molecule has 0 unspecified atom stereocenters. The number of nitriles is 1. The van der Waals surface area contributed by atoms with Crippen molar-refractivity contribution in [3.8, 4) is 6.07 Å². The molecule has 1 N–H and O–H groups in total. The summed E-state index contributed by atoms with van der Waals surface area (Å²) in [6, 6.07) is 2.40. The molecule has 0 radical (unpaired) electrons. The van der Waals surface area contributed by atoms with Gasteiger partial charge in [0.1, 0.15) is 11.1 Å². The van der Waals surface area contributed by atoms with Crippen molar-refractivity contribution in [2.24, 2.45) is 29.1 Å². The van der Waals surface area contributed by atoms with E-state index in [4.69, 9.17) is 0 Å². The molecule has 0 aliphatic heterocycles. The van der Waals surface area contributed by atoms with E-state index in [0.717, 1.165) is 42.2 Å². The number of nitrogens with zero attached hydrogens (tertiary/aromatic N) is 1. The molecule has 26 heavy (non-hydrogen) atoms. The van der Waals surface area contributed by atoms with Crippen molar-refractivity contribution in [2.45, 2.75) is 72.1 Å². The molecule has 2 saturated carbocycles. The SMILES string of the molecule is CCC(C)(C)[C@@H]1CCc2c(sc(NC(=O)[C@H]3C[C@@H]4CC[C@@H]3C4)c2C#N)C1. The van der Waals surface area contributed by atoms with E-state index >= 15 is 0 Å². The third-order valence-electron chi connectivity index (χ3n) is 7.71. The maximum atomic E-state index is 12.8. The summed E-state index contributed by atoms with van der Waals surface area (Å²) in [5.41, 5.74) is 2.29. The van der Waals surface area contributed by atoms with Crippen LogP contribution < -0.4 is 5.32 Å². The summed E-state index contributed by atoms with van der Waals surface area (Å²) in [6.45, 7) is 6.99. The summed E-state index contributed by atoms with van der Waals surface area (Å²) >= 11 is 1.67. The number of fused-ring (bicyclic) bond motifs is 3. The molecule has 0 saturated heterocycles. The number of rotatable bonds is 4. The summed E-state index contributed by atoms with van der Waals surface area (Å²) in [5, 5.41) is 13.7. The van der Waals surface area contributed by atoms with Crippen LogP contribution in [0.25, 0.3) is 0 Å². The van der Waals surface area contributed by atoms with Crippen LogP contribution in [0.2, 0.25) is 0 Å². The van der Waals surface area contributed by atoms with E-state index < -0.39 is 0 Å². The maximum Gasteiger partial charge on any atom is 0.228 e. The second-order valence-electron chi connectivity index (χ2n) is 9.37. The summed E-state index contributed by atoms with van der Waals surface area (Å²) < 4.78 is 0. The summed E-state index contributed by atoms with van der Waals surface area (Å²) in [4.78, 5) is 14.2. The van der Waals surface area contributed by atoms with E-state index in [1.54, 1.807) is 11.3 Å². The largest absolute Gasteiger partial charge is 0.316 e. The molecule has 1 amide bonds. The highest BCUT2D eigenvalue weighted by Crippen LogP contribution is 2.49. The van der Waals surface area contributed by atoms with Gasteiger partial charge in [0.15, 0.2) is 0 Å². The van der Waals surface area contributed by atoms with Crippen molar-refractivity contribution in [1.82, 2.24) is 0 Å². The Morgan fingerprint density at radius 3 is 2.73 bits per heavy atom. The number of thiophene rings is 1. The molecule has 2 bridgehead atoms. The second kappa shape index (κ2) is 6.68. The first-order valence-electron chi connectivity index (χ1n) is 10.3. The number of amides is 1. The first kappa shape index (κ1) is 18.0. The van der Waals surface area contributed by atoms with Crippen LogP contribution in [0.3, 0.4) is 0 Å². The zero-order valence-corrected chi connectivity index (χ0v) is 17.0. The molecule has 0 spiro atoms. The summed E-state index contributed by atoms with van der Waals surface area (Å²) in [5.74, 6) is 2.35. The van der Waals surface area contributed by atoms with Gasteiger partial charge in [-0.1, -0.05) is 33.6 Å². The quantitative estimate of drug-likeness (QED) is 0.757. The van der Waals surface area contributed by atoms with Crippen molar-refractivity contribution in [3.05, 3.63) is 16.0 Å². The molecule has 3 nitrogen and oxygen atoms in total. The van der Waals surface area contributed by atoms with Crippen molar-refractivity contribution < 1.29 is 4.79 Å². The van der Waals surface area contributed by atoms with Crippen molar-refractivity contribution in [1.29, 1.82) is 5.26 Å². The van der Waals surface area contributed by atoms with Gasteiger partial charge in [0.05, 0.1) is 5.56 Å². The predicted molar refractivity (Wildman–Crippen MR) is 106 cm³/mol. The van der Waals surface area contributed by atoms with Gasteiger partial charge < -0.3 is 5.32 Å². The zero-order chi connectivity index (χ0) is 18.5. The van der Waals surface area contributed by atoms with E-state index in [2.05, 4.69) is 32.2 Å². The first-order chi connectivity index (χ1) is 12.4. The fourth-order valence-corrected chi connectivity index (χ4v) is 6.80. The van der Waals surface area contributed by atoms with Gasteiger partial charge >= 0.3 is 0 Å². The standard InChI is InChI=1S/C22H30N2OS/c1-4-22(2,3)15-7-8-16-18(12-23)21(26-19(16)11-15)24-20(25)17-10-13-5-6-14(17)9-13/h13-15,17H,4-11H2,1-3H3,(H,24,25)/t13-,14-,15-,17+/m1/s1. The Balaban J connectivity index is 1.53. The molecular weight excluding hydrogens is 340 g/mol. The minimum absolute atomic E-state index is 0.165. The van der Waals surface area contributed by atoms with Crippen LogP contribution in [0.4, 0.5) is 5.00 Å². The Bertz CT molecular complexity index is 757. The van der Waals surface area contributed by atoms with Crippen LogP contribution in [-0.2, 0) is 17.6 Å². The third-order valence-corrected chi connectivity index (χ3v) is 8.87. The number of hydrogen-bond acceptors (Lipinski definition) is 3. The average Bonchev–Trinajstić information content (AvgIpc) is 3.34. The summed E-state index contributed by atoms with van der Waals surface area (Å²) in [7, 11) is 0. The molecule has 1 aromatic rings. The van der Waals surface area contributed by atoms with Gasteiger partial charge in [-0.05, 0) is 67.3 Å². The van der Waals surface area contributed by atoms with Crippen molar-refractivity contribution in [2.75, 3.05) is 5.32 Å². The molecule has 4 atom stereocenters. The lowest BCUT2D eigenvalue weighted by atomic mass is 9.69. The van der Waals surface area contributed by atoms with Crippen LogP contribution in [0.15, 0.2) is 0 Å². The lowest BCUT2D eigenvalue weighted by Crippen LogP contribution is -2.28. The predicted octanol–water partition coefficient (Wildman–Crippen LogP) is 5.54. The Kier molecular flexibility index (Phi) is 4.63. The Labute approximate surface area is 161 Å². The highest BCUT2D eigenvalue weighted by atomic mass is 32.1. The number of carbonyl (C=O) groups is 1. The van der Waals surface area contributed by atoms with Crippen LogP contribution in [-0.4, -0.2) is 5.91 Å². The second-order valence-corrected chi connectivity index (χ2v) is 10.5. The molecule has 1 aromatic heterocycles. The highest BCUT2D eigenvalue weighted by Gasteiger charge is 2.43. The van der Waals surface area contributed by atoms with Gasteiger partial charge in [-0.15, -0.1) is 11.3 Å². The Hall–Kier alpha value is -1.34. The number of carbonyl (C=O) groups excluding carboxylic acids is 1. The molecule has 2 fully saturated rings. The van der Waals surface area contributed by atoms with Gasteiger partial charge in [-0.3, -0.25) is 4.79 Å². The number of hydrogen-bond donors (Lipinski definition) is 1. The average molecular weight is 371 g/mol. The lowest BCUT2D eigenvalue weighted by molar-refractivity contribution is -0.121. The number of anilines is 1. The molecule has 4 rings (SSSR count). The minimum Gasteiger partial charge on any atom is -0.316 e. The molecule has 0 aromatic carbocycles. The smallest absolute Gasteiger partial charge is 0.228 e.